The van der Waals surface area contributed by atoms with Crippen LogP contribution in [-0.2, 0) is 9.57 Å². The van der Waals surface area contributed by atoms with Crippen LogP contribution in [0.5, 0.6) is 0 Å². The Morgan fingerprint density at radius 2 is 2.14 bits per heavy atom. The first kappa shape index (κ1) is 20.0. The Bertz CT molecular complexity index is 1030. The third-order valence-electron chi connectivity index (χ3n) is 3.59. The lowest BCUT2D eigenvalue weighted by Gasteiger charge is -2.14. The van der Waals surface area contributed by atoms with Crippen LogP contribution >= 0.6 is 22.6 Å². The van der Waals surface area contributed by atoms with Crippen molar-refractivity contribution < 1.29 is 27.6 Å². The van der Waals surface area contributed by atoms with Crippen molar-refractivity contribution in [2.24, 2.45) is 0 Å². The molecule has 3 rings (SSSR count). The van der Waals surface area contributed by atoms with Crippen LogP contribution in [-0.4, -0.2) is 24.1 Å². The van der Waals surface area contributed by atoms with Crippen molar-refractivity contribution >= 4 is 51.0 Å². The van der Waals surface area contributed by atoms with Crippen LogP contribution in [0.25, 0.3) is 11.1 Å². The molecule has 0 atom stereocenters. The third kappa shape index (κ3) is 4.39. The number of ether oxygens (including phenoxy) is 1. The Labute approximate surface area is 171 Å². The molecule has 0 bridgehead atoms. The fourth-order valence-electron chi connectivity index (χ4n) is 2.33. The highest BCUT2D eigenvalue weighted by molar-refractivity contribution is 14.1. The van der Waals surface area contributed by atoms with Crippen LogP contribution in [0, 0.1) is 15.2 Å². The monoisotopic (exact) mass is 501 g/mol. The van der Waals surface area contributed by atoms with E-state index < -0.39 is 17.5 Å². The molecule has 0 saturated carbocycles. The van der Waals surface area contributed by atoms with Crippen molar-refractivity contribution in [3.8, 4) is 0 Å². The number of hydrogen-bond donors (Lipinski definition) is 2. The summed E-state index contributed by atoms with van der Waals surface area (Å²) in [4.78, 5) is 21.3. The van der Waals surface area contributed by atoms with Crippen molar-refractivity contribution in [3.63, 3.8) is 0 Å². The van der Waals surface area contributed by atoms with Gasteiger partial charge in [-0.15, -0.1) is 0 Å². The highest BCUT2D eigenvalue weighted by Crippen LogP contribution is 2.32. The van der Waals surface area contributed by atoms with Crippen LogP contribution in [0.3, 0.4) is 0 Å². The molecule has 0 aliphatic carbocycles. The van der Waals surface area contributed by atoms with Gasteiger partial charge in [-0.2, -0.15) is 0 Å². The summed E-state index contributed by atoms with van der Waals surface area (Å²) < 4.78 is 39.8. The lowest BCUT2D eigenvalue weighted by Crippen LogP contribution is -2.26. The molecule has 146 valence electrons. The van der Waals surface area contributed by atoms with Crippen LogP contribution < -0.4 is 10.8 Å². The average Bonchev–Trinajstić information content (AvgIpc) is 3.14. The van der Waals surface area contributed by atoms with E-state index in [1.807, 2.05) is 22.6 Å². The summed E-state index contributed by atoms with van der Waals surface area (Å²) in [5.74, 6) is -2.22. The second-order valence-electron chi connectivity index (χ2n) is 5.38. The molecule has 0 aliphatic heterocycles. The van der Waals surface area contributed by atoms with E-state index in [9.17, 15) is 13.6 Å². The summed E-state index contributed by atoms with van der Waals surface area (Å²) in [7, 11) is 0. The van der Waals surface area contributed by atoms with E-state index in [0.29, 0.717) is 3.57 Å². The highest BCUT2D eigenvalue weighted by Gasteiger charge is 2.22. The summed E-state index contributed by atoms with van der Waals surface area (Å²) in [6.45, 7) is 3.58. The van der Waals surface area contributed by atoms with Gasteiger partial charge < -0.3 is 14.5 Å². The number of amides is 1. The predicted molar refractivity (Wildman–Crippen MR) is 106 cm³/mol. The van der Waals surface area contributed by atoms with Crippen molar-refractivity contribution in [3.05, 3.63) is 64.3 Å². The van der Waals surface area contributed by atoms with E-state index in [4.69, 9.17) is 14.0 Å². The second kappa shape index (κ2) is 8.97. The lowest BCUT2D eigenvalue weighted by molar-refractivity contribution is 0.0145. The molecule has 0 unspecified atom stereocenters. The zero-order chi connectivity index (χ0) is 20.1. The molecular weight excluding hydrogens is 487 g/mol. The number of hydroxylamine groups is 1. The van der Waals surface area contributed by atoms with Gasteiger partial charge in [0, 0.05) is 3.57 Å². The Hall–Kier alpha value is -2.73. The Morgan fingerprint density at radius 3 is 2.89 bits per heavy atom. The van der Waals surface area contributed by atoms with Gasteiger partial charge in [0.15, 0.2) is 17.8 Å². The van der Waals surface area contributed by atoms with Gasteiger partial charge in [-0.05, 0) is 46.9 Å². The minimum atomic E-state index is -0.857. The molecule has 0 fully saturated rings. The number of oxazole rings is 1. The molecule has 10 heteroatoms. The number of halogens is 3. The zero-order valence-electron chi connectivity index (χ0n) is 14.3. The molecule has 0 radical (unpaired) electrons. The van der Waals surface area contributed by atoms with E-state index in [1.54, 1.807) is 6.07 Å². The predicted octanol–water partition coefficient (Wildman–Crippen LogP) is 4.28. The van der Waals surface area contributed by atoms with E-state index in [1.165, 1.54) is 24.5 Å². The number of nitrogens with zero attached hydrogens (tertiary/aromatic N) is 1. The molecule has 1 heterocycles. The fraction of sp³-hybridized carbons (Fsp3) is 0.111. The Kier molecular flexibility index (Phi) is 6.41. The SMILES string of the molecule is C=COCCONC(=O)c1cc2ocnc2c(F)c1Nc1ccc(I)cc1F. The minimum absolute atomic E-state index is 0.00323. The molecule has 2 aromatic carbocycles. The molecule has 0 aliphatic rings. The van der Waals surface area contributed by atoms with Gasteiger partial charge in [-0.1, -0.05) is 6.58 Å². The third-order valence-corrected chi connectivity index (χ3v) is 4.26. The summed E-state index contributed by atoms with van der Waals surface area (Å²) in [5, 5.41) is 2.62. The van der Waals surface area contributed by atoms with Crippen molar-refractivity contribution in [2.45, 2.75) is 0 Å². The minimum Gasteiger partial charge on any atom is -0.499 e. The van der Waals surface area contributed by atoms with Gasteiger partial charge in [0.25, 0.3) is 5.91 Å². The molecule has 2 N–H and O–H groups in total. The van der Waals surface area contributed by atoms with Crippen LogP contribution in [0.2, 0.25) is 0 Å². The van der Waals surface area contributed by atoms with Crippen LogP contribution in [0.1, 0.15) is 10.4 Å². The largest absolute Gasteiger partial charge is 0.499 e. The Morgan fingerprint density at radius 1 is 1.32 bits per heavy atom. The number of benzene rings is 2. The molecule has 0 saturated heterocycles. The number of nitrogens with one attached hydrogen (secondary N) is 2. The first-order valence-electron chi connectivity index (χ1n) is 7.93. The van der Waals surface area contributed by atoms with E-state index in [2.05, 4.69) is 22.4 Å². The normalized spacial score (nSPS) is 10.7. The number of carbonyl (C=O) groups excluding carboxylic acids is 1. The zero-order valence-corrected chi connectivity index (χ0v) is 16.5. The topological polar surface area (TPSA) is 85.6 Å². The number of carbonyl (C=O) groups is 1. The van der Waals surface area contributed by atoms with Gasteiger partial charge in [0.1, 0.15) is 24.5 Å². The van der Waals surface area contributed by atoms with Crippen LogP contribution in [0.15, 0.2) is 47.9 Å². The second-order valence-corrected chi connectivity index (χ2v) is 6.62. The van der Waals surface area contributed by atoms with Gasteiger partial charge in [0.2, 0.25) is 0 Å². The maximum absolute atomic E-state index is 14.9. The molecule has 1 aromatic heterocycles. The number of fused-ring (bicyclic) bond motifs is 1. The van der Waals surface area contributed by atoms with Gasteiger partial charge in [-0.25, -0.2) is 19.2 Å². The summed E-state index contributed by atoms with van der Waals surface area (Å²) >= 11 is 1.95. The molecule has 0 spiro atoms. The molecule has 28 heavy (non-hydrogen) atoms. The molecule has 3 aromatic rings. The number of rotatable bonds is 8. The smallest absolute Gasteiger partial charge is 0.277 e. The molecule has 7 nitrogen and oxygen atoms in total. The summed E-state index contributed by atoms with van der Waals surface area (Å²) in [6, 6.07) is 5.64. The summed E-state index contributed by atoms with van der Waals surface area (Å²) in [6.07, 6.45) is 2.28. The van der Waals surface area contributed by atoms with Crippen molar-refractivity contribution in [1.82, 2.24) is 10.5 Å². The Balaban J connectivity index is 1.92. The lowest BCUT2D eigenvalue weighted by atomic mass is 10.1. The number of hydrogen-bond acceptors (Lipinski definition) is 6. The van der Waals surface area contributed by atoms with Gasteiger partial charge in [-0.3, -0.25) is 9.63 Å². The number of anilines is 2. The standard InChI is InChI=1S/C18H14F2IN3O4/c1-2-26-5-6-28-24-18(25)11-8-14-17(22-9-27-14)15(20)16(11)23-13-4-3-10(21)7-12(13)19/h2-4,7-9,23H,1,5-6H2,(H,24,25). The van der Waals surface area contributed by atoms with Crippen molar-refractivity contribution in [1.29, 1.82) is 0 Å². The first-order chi connectivity index (χ1) is 13.5. The van der Waals surface area contributed by atoms with E-state index in [-0.39, 0.29) is 41.3 Å². The van der Waals surface area contributed by atoms with Crippen LogP contribution in [0.4, 0.5) is 20.2 Å². The number of aromatic nitrogens is 1. The van der Waals surface area contributed by atoms with E-state index >= 15 is 0 Å². The molecule has 1 amide bonds. The van der Waals surface area contributed by atoms with Gasteiger partial charge >= 0.3 is 0 Å². The first-order valence-corrected chi connectivity index (χ1v) is 9.01. The molecular formula is C18H14F2IN3O4. The highest BCUT2D eigenvalue weighted by atomic mass is 127. The summed E-state index contributed by atoms with van der Waals surface area (Å²) in [5.41, 5.74) is 1.73. The quantitative estimate of drug-likeness (QED) is 0.208. The maximum atomic E-state index is 14.9. The maximum Gasteiger partial charge on any atom is 0.277 e. The van der Waals surface area contributed by atoms with E-state index in [0.717, 1.165) is 6.39 Å². The average molecular weight is 501 g/mol. The van der Waals surface area contributed by atoms with Crippen molar-refractivity contribution in [2.75, 3.05) is 18.5 Å². The fourth-order valence-corrected chi connectivity index (χ4v) is 2.79. The van der Waals surface area contributed by atoms with Gasteiger partial charge in [0.05, 0.1) is 23.2 Å².